The van der Waals surface area contributed by atoms with Gasteiger partial charge in [0.05, 0.1) is 0 Å². The number of rotatable bonds is 1. The average molecular weight is 286 g/mol. The van der Waals surface area contributed by atoms with Crippen molar-refractivity contribution in [3.05, 3.63) is 52.6 Å². The zero-order valence-electron chi connectivity index (χ0n) is 13.9. The summed E-state index contributed by atoms with van der Waals surface area (Å²) in [5, 5.41) is 9.21. The molecular formula is C18H26N2O. The molecule has 2 aromatic rings. The van der Waals surface area contributed by atoms with Gasteiger partial charge < -0.3 is 15.7 Å². The Morgan fingerprint density at radius 1 is 0.857 bits per heavy atom. The second-order valence-electron chi connectivity index (χ2n) is 5.63. The van der Waals surface area contributed by atoms with Crippen LogP contribution in [0.1, 0.15) is 22.3 Å². The second-order valence-corrected chi connectivity index (χ2v) is 5.63. The highest BCUT2D eigenvalue weighted by Gasteiger charge is 2.02. The van der Waals surface area contributed by atoms with Crippen molar-refractivity contribution >= 4 is 11.4 Å². The fourth-order valence-corrected chi connectivity index (χ4v) is 2.02. The topological polar surface area (TPSA) is 49.5 Å². The van der Waals surface area contributed by atoms with E-state index < -0.39 is 0 Å². The molecule has 0 aliphatic carbocycles. The van der Waals surface area contributed by atoms with Crippen molar-refractivity contribution in [2.45, 2.75) is 27.7 Å². The van der Waals surface area contributed by atoms with Crippen LogP contribution in [0.5, 0.6) is 5.75 Å². The first-order chi connectivity index (χ1) is 9.73. The van der Waals surface area contributed by atoms with Crippen LogP contribution in [0.15, 0.2) is 30.3 Å². The van der Waals surface area contributed by atoms with Crippen molar-refractivity contribution in [3.63, 3.8) is 0 Å². The molecule has 0 bridgehead atoms. The minimum absolute atomic E-state index is 0.414. The van der Waals surface area contributed by atoms with Gasteiger partial charge >= 0.3 is 0 Å². The minimum Gasteiger partial charge on any atom is -0.507 e. The van der Waals surface area contributed by atoms with Gasteiger partial charge in [0.2, 0.25) is 0 Å². The molecule has 2 aromatic carbocycles. The summed E-state index contributed by atoms with van der Waals surface area (Å²) in [5.41, 5.74) is 12.1. The van der Waals surface area contributed by atoms with Crippen LogP contribution in [0.4, 0.5) is 11.4 Å². The summed E-state index contributed by atoms with van der Waals surface area (Å²) in [7, 11) is 4.06. The third-order valence-corrected chi connectivity index (χ3v) is 3.53. The van der Waals surface area contributed by atoms with Gasteiger partial charge in [-0.25, -0.2) is 0 Å². The van der Waals surface area contributed by atoms with E-state index in [2.05, 4.69) is 17.0 Å². The van der Waals surface area contributed by atoms with E-state index in [1.54, 1.807) is 0 Å². The van der Waals surface area contributed by atoms with E-state index in [1.165, 1.54) is 5.69 Å². The van der Waals surface area contributed by atoms with Crippen LogP contribution in [-0.2, 0) is 0 Å². The second kappa shape index (κ2) is 7.02. The largest absolute Gasteiger partial charge is 0.507 e. The van der Waals surface area contributed by atoms with E-state index >= 15 is 0 Å². The third-order valence-electron chi connectivity index (χ3n) is 3.53. The summed E-state index contributed by atoms with van der Waals surface area (Å²) in [5.74, 6) is 0.414. The van der Waals surface area contributed by atoms with Gasteiger partial charge in [0.25, 0.3) is 0 Å². The number of phenolic OH excluding ortho intramolecular Hbond substituents is 1. The van der Waals surface area contributed by atoms with Gasteiger partial charge in [-0.15, -0.1) is 0 Å². The first-order valence-electron chi connectivity index (χ1n) is 7.03. The van der Waals surface area contributed by atoms with Crippen LogP contribution in [0.25, 0.3) is 0 Å². The van der Waals surface area contributed by atoms with Crippen molar-refractivity contribution in [2.75, 3.05) is 24.7 Å². The quantitative estimate of drug-likeness (QED) is 0.780. The van der Waals surface area contributed by atoms with Crippen LogP contribution in [0.2, 0.25) is 0 Å². The summed E-state index contributed by atoms with van der Waals surface area (Å²) in [6.45, 7) is 7.86. The number of nitrogens with zero attached hydrogens (tertiary/aromatic N) is 1. The zero-order chi connectivity index (χ0) is 16.2. The lowest BCUT2D eigenvalue weighted by Crippen LogP contribution is -2.09. The highest BCUT2D eigenvalue weighted by molar-refractivity contribution is 5.62. The van der Waals surface area contributed by atoms with Gasteiger partial charge in [-0.1, -0.05) is 18.2 Å². The molecule has 0 aliphatic rings. The van der Waals surface area contributed by atoms with Crippen molar-refractivity contribution in [1.29, 1.82) is 0 Å². The summed E-state index contributed by atoms with van der Waals surface area (Å²) in [4.78, 5) is 2.08. The number of nitrogen functional groups attached to an aromatic ring is 1. The maximum absolute atomic E-state index is 9.21. The van der Waals surface area contributed by atoms with E-state index in [0.29, 0.717) is 5.75 Å². The van der Waals surface area contributed by atoms with Crippen molar-refractivity contribution < 1.29 is 5.11 Å². The zero-order valence-corrected chi connectivity index (χ0v) is 13.9. The number of aromatic hydroxyl groups is 1. The molecule has 0 aliphatic heterocycles. The van der Waals surface area contributed by atoms with Crippen LogP contribution < -0.4 is 10.6 Å². The molecule has 0 saturated carbocycles. The van der Waals surface area contributed by atoms with Crippen LogP contribution in [-0.4, -0.2) is 19.2 Å². The minimum atomic E-state index is 0.414. The molecule has 0 spiro atoms. The highest BCUT2D eigenvalue weighted by atomic mass is 16.3. The molecule has 3 nitrogen and oxygen atoms in total. The lowest BCUT2D eigenvalue weighted by molar-refractivity contribution is 0.467. The molecule has 0 unspecified atom stereocenters. The Bertz CT molecular complexity index is 575. The summed E-state index contributed by atoms with van der Waals surface area (Å²) in [6, 6.07) is 9.92. The Balaban J connectivity index is 0.000000219. The lowest BCUT2D eigenvalue weighted by atomic mass is 10.1. The average Bonchev–Trinajstić information content (AvgIpc) is 2.42. The van der Waals surface area contributed by atoms with Gasteiger partial charge in [-0.05, 0) is 62.1 Å². The Labute approximate surface area is 128 Å². The number of para-hydroxylation sites is 1. The SMILES string of the molecule is Cc1cc(N(C)C)cc(C)c1N.Cc1cccc(C)c1O. The monoisotopic (exact) mass is 286 g/mol. The van der Waals surface area contributed by atoms with E-state index in [1.807, 2.05) is 60.0 Å². The molecule has 0 fully saturated rings. The Morgan fingerprint density at radius 2 is 1.29 bits per heavy atom. The van der Waals surface area contributed by atoms with Gasteiger partial charge in [-0.2, -0.15) is 0 Å². The number of nitrogens with two attached hydrogens (primary N) is 1. The van der Waals surface area contributed by atoms with Crippen molar-refractivity contribution in [2.24, 2.45) is 0 Å². The normalized spacial score (nSPS) is 9.81. The lowest BCUT2D eigenvalue weighted by Gasteiger charge is -2.15. The molecule has 0 atom stereocenters. The Morgan fingerprint density at radius 3 is 1.62 bits per heavy atom. The first-order valence-corrected chi connectivity index (χ1v) is 7.03. The van der Waals surface area contributed by atoms with Crippen molar-refractivity contribution in [1.82, 2.24) is 0 Å². The first kappa shape index (κ1) is 16.9. The molecule has 114 valence electrons. The molecule has 21 heavy (non-hydrogen) atoms. The van der Waals surface area contributed by atoms with Gasteiger partial charge in [-0.3, -0.25) is 0 Å². The fourth-order valence-electron chi connectivity index (χ4n) is 2.02. The van der Waals surface area contributed by atoms with Gasteiger partial charge in [0.1, 0.15) is 5.75 Å². The maximum Gasteiger partial charge on any atom is 0.121 e. The fraction of sp³-hybridized carbons (Fsp3) is 0.333. The molecule has 0 saturated heterocycles. The maximum atomic E-state index is 9.21. The Kier molecular flexibility index (Phi) is 5.65. The molecule has 2 rings (SSSR count). The summed E-state index contributed by atoms with van der Waals surface area (Å²) in [6.07, 6.45) is 0. The molecule has 3 N–H and O–H groups in total. The highest BCUT2D eigenvalue weighted by Crippen LogP contribution is 2.23. The molecule has 0 heterocycles. The van der Waals surface area contributed by atoms with Crippen molar-refractivity contribution in [3.8, 4) is 5.75 Å². The number of phenols is 1. The molecule has 0 radical (unpaired) electrons. The van der Waals surface area contributed by atoms with E-state index in [4.69, 9.17) is 5.73 Å². The molecule has 3 heteroatoms. The third kappa shape index (κ3) is 4.42. The summed E-state index contributed by atoms with van der Waals surface area (Å²) < 4.78 is 0. The number of hydrogen-bond acceptors (Lipinski definition) is 3. The van der Waals surface area contributed by atoms with E-state index in [-0.39, 0.29) is 0 Å². The van der Waals surface area contributed by atoms with Crippen LogP contribution in [0.3, 0.4) is 0 Å². The molecule has 0 aromatic heterocycles. The van der Waals surface area contributed by atoms with Gasteiger partial charge in [0.15, 0.2) is 0 Å². The smallest absolute Gasteiger partial charge is 0.121 e. The number of hydrogen-bond donors (Lipinski definition) is 2. The Hall–Kier alpha value is -2.16. The van der Waals surface area contributed by atoms with E-state index in [9.17, 15) is 5.11 Å². The van der Waals surface area contributed by atoms with E-state index in [0.717, 1.165) is 27.9 Å². The standard InChI is InChI=1S/C10H16N2.C8H10O/c1-7-5-9(12(3)4)6-8(2)10(7)11;1-6-4-3-5-7(2)8(6)9/h5-6H,11H2,1-4H3;3-5,9H,1-2H3. The molecule has 0 amide bonds. The molecular weight excluding hydrogens is 260 g/mol. The number of aryl methyl sites for hydroxylation is 4. The van der Waals surface area contributed by atoms with Gasteiger partial charge in [0, 0.05) is 25.5 Å². The predicted octanol–water partition coefficient (Wildman–Crippen LogP) is 3.96. The summed E-state index contributed by atoms with van der Waals surface area (Å²) >= 11 is 0. The van der Waals surface area contributed by atoms with Crippen LogP contribution in [0, 0.1) is 27.7 Å². The predicted molar refractivity (Wildman–Crippen MR) is 92.2 cm³/mol. The number of anilines is 2. The number of benzene rings is 2. The van der Waals surface area contributed by atoms with Crippen LogP contribution >= 0.6 is 0 Å².